The number of amides is 2. The first kappa shape index (κ1) is 22.5. The van der Waals surface area contributed by atoms with Crippen LogP contribution in [-0.2, 0) is 16.0 Å². The Morgan fingerprint density at radius 3 is 2.44 bits per heavy atom. The molecule has 3 aromatic rings. The van der Waals surface area contributed by atoms with Crippen molar-refractivity contribution in [2.24, 2.45) is 0 Å². The minimum absolute atomic E-state index is 0.0382. The second-order valence-electron chi connectivity index (χ2n) is 7.91. The van der Waals surface area contributed by atoms with E-state index in [9.17, 15) is 14.0 Å². The van der Waals surface area contributed by atoms with Crippen molar-refractivity contribution < 1.29 is 14.0 Å². The fraction of sp³-hybridized carbons (Fsp3) is 0.280. The number of anilines is 1. The predicted octanol–water partition coefficient (Wildman–Crippen LogP) is 5.92. The van der Waals surface area contributed by atoms with Crippen LogP contribution in [0.1, 0.15) is 42.2 Å². The summed E-state index contributed by atoms with van der Waals surface area (Å²) in [6.07, 6.45) is 3.99. The van der Waals surface area contributed by atoms with Crippen LogP contribution in [0, 0.1) is 5.82 Å². The van der Waals surface area contributed by atoms with Gasteiger partial charge in [0.15, 0.2) is 0 Å². The van der Waals surface area contributed by atoms with E-state index in [-0.39, 0.29) is 29.8 Å². The van der Waals surface area contributed by atoms with Gasteiger partial charge in [0.05, 0.1) is 6.42 Å². The average molecular weight is 471 g/mol. The second kappa shape index (κ2) is 10.3. The standard InChI is InChI=1S/C25H24ClFN2O2S/c26-17-11-13-19(14-12-17)29(23(30)16-20-8-5-15-32-20)24(21-9-3-4-10-22(21)27)25(31)28-18-6-1-2-7-18/h3-5,8-15,18,24H,1-2,6-7,16H2,(H,28,31)/t24-/m1/s1. The third-order valence-corrected chi connectivity index (χ3v) is 6.82. The van der Waals surface area contributed by atoms with Crippen molar-refractivity contribution in [1.29, 1.82) is 0 Å². The molecule has 32 heavy (non-hydrogen) atoms. The zero-order valence-corrected chi connectivity index (χ0v) is 19.0. The molecule has 1 aliphatic carbocycles. The van der Waals surface area contributed by atoms with Gasteiger partial charge in [-0.1, -0.05) is 48.7 Å². The lowest BCUT2D eigenvalue weighted by atomic mass is 10.0. The van der Waals surface area contributed by atoms with E-state index in [1.54, 1.807) is 42.5 Å². The lowest BCUT2D eigenvalue weighted by molar-refractivity contribution is -0.127. The van der Waals surface area contributed by atoms with Crippen LogP contribution in [-0.4, -0.2) is 17.9 Å². The largest absolute Gasteiger partial charge is 0.351 e. The van der Waals surface area contributed by atoms with Crippen molar-refractivity contribution in [2.45, 2.75) is 44.2 Å². The molecule has 2 amide bonds. The van der Waals surface area contributed by atoms with E-state index in [0.717, 1.165) is 30.6 Å². The number of carbonyl (C=O) groups is 2. The summed E-state index contributed by atoms with van der Waals surface area (Å²) < 4.78 is 15.0. The van der Waals surface area contributed by atoms with E-state index in [4.69, 9.17) is 11.6 Å². The number of hydrogen-bond acceptors (Lipinski definition) is 3. The topological polar surface area (TPSA) is 49.4 Å². The summed E-state index contributed by atoms with van der Waals surface area (Å²) in [5, 5.41) is 5.47. The van der Waals surface area contributed by atoms with Gasteiger partial charge in [-0.3, -0.25) is 14.5 Å². The molecule has 1 saturated carbocycles. The highest BCUT2D eigenvalue weighted by atomic mass is 35.5. The first-order chi connectivity index (χ1) is 15.5. The van der Waals surface area contributed by atoms with Gasteiger partial charge in [0.25, 0.3) is 0 Å². The fourth-order valence-corrected chi connectivity index (χ4v) is 4.95. The monoisotopic (exact) mass is 470 g/mol. The summed E-state index contributed by atoms with van der Waals surface area (Å²) >= 11 is 7.54. The van der Waals surface area contributed by atoms with E-state index >= 15 is 0 Å². The van der Waals surface area contributed by atoms with Gasteiger partial charge in [-0.25, -0.2) is 4.39 Å². The van der Waals surface area contributed by atoms with Crippen LogP contribution in [0.4, 0.5) is 10.1 Å². The van der Waals surface area contributed by atoms with Crippen molar-refractivity contribution in [3.8, 4) is 0 Å². The van der Waals surface area contributed by atoms with Gasteiger partial charge in [0, 0.05) is 27.2 Å². The van der Waals surface area contributed by atoms with E-state index in [1.165, 1.54) is 22.3 Å². The second-order valence-corrected chi connectivity index (χ2v) is 9.38. The maximum atomic E-state index is 15.0. The number of benzene rings is 2. The van der Waals surface area contributed by atoms with Crippen molar-refractivity contribution in [2.75, 3.05) is 4.90 Å². The molecule has 0 unspecified atom stereocenters. The third kappa shape index (κ3) is 5.19. The molecule has 4 nitrogen and oxygen atoms in total. The highest BCUT2D eigenvalue weighted by molar-refractivity contribution is 7.10. The van der Waals surface area contributed by atoms with Gasteiger partial charge >= 0.3 is 0 Å². The minimum Gasteiger partial charge on any atom is -0.351 e. The first-order valence-corrected chi connectivity index (χ1v) is 11.9. The summed E-state index contributed by atoms with van der Waals surface area (Å²) in [5.74, 6) is -1.19. The molecule has 2 aromatic carbocycles. The molecule has 1 heterocycles. The summed E-state index contributed by atoms with van der Waals surface area (Å²) in [6, 6.07) is 15.5. The van der Waals surface area contributed by atoms with E-state index in [0.29, 0.717) is 10.7 Å². The molecule has 1 N–H and O–H groups in total. The number of rotatable bonds is 7. The Labute approximate surface area is 196 Å². The molecular weight excluding hydrogens is 447 g/mol. The van der Waals surface area contributed by atoms with Crippen LogP contribution in [0.5, 0.6) is 0 Å². The highest BCUT2D eigenvalue weighted by Crippen LogP contribution is 2.32. The summed E-state index contributed by atoms with van der Waals surface area (Å²) in [5.41, 5.74) is 0.656. The molecule has 7 heteroatoms. The summed E-state index contributed by atoms with van der Waals surface area (Å²) in [7, 11) is 0. The van der Waals surface area contributed by atoms with Gasteiger partial charge < -0.3 is 5.32 Å². The van der Waals surface area contributed by atoms with Gasteiger partial charge in [0.2, 0.25) is 11.8 Å². The molecule has 1 fully saturated rings. The number of thiophene rings is 1. The Bertz CT molecular complexity index is 1070. The van der Waals surface area contributed by atoms with Crippen LogP contribution in [0.25, 0.3) is 0 Å². The maximum Gasteiger partial charge on any atom is 0.248 e. The Kier molecular flexibility index (Phi) is 7.22. The number of hydrogen-bond donors (Lipinski definition) is 1. The molecule has 0 aliphatic heterocycles. The number of nitrogens with one attached hydrogen (secondary N) is 1. The highest BCUT2D eigenvalue weighted by Gasteiger charge is 2.35. The van der Waals surface area contributed by atoms with Crippen molar-refractivity contribution in [3.05, 3.63) is 87.3 Å². The molecule has 166 valence electrons. The smallest absolute Gasteiger partial charge is 0.248 e. The Morgan fingerprint density at radius 2 is 1.78 bits per heavy atom. The Morgan fingerprint density at radius 1 is 1.06 bits per heavy atom. The normalized spacial score (nSPS) is 14.8. The first-order valence-electron chi connectivity index (χ1n) is 10.7. The Balaban J connectivity index is 1.77. The van der Waals surface area contributed by atoms with Crippen LogP contribution < -0.4 is 10.2 Å². The third-order valence-electron chi connectivity index (χ3n) is 5.69. The van der Waals surface area contributed by atoms with Gasteiger partial charge in [-0.15, -0.1) is 11.3 Å². The minimum atomic E-state index is -1.13. The molecular formula is C25H24ClFN2O2S. The lowest BCUT2D eigenvalue weighted by Gasteiger charge is -2.32. The molecule has 0 spiro atoms. The van der Waals surface area contributed by atoms with Gasteiger partial charge in [-0.05, 0) is 54.6 Å². The fourth-order valence-electron chi connectivity index (χ4n) is 4.13. The SMILES string of the molecule is O=C(NC1CCCC1)[C@@H](c1ccccc1F)N(C(=O)Cc1cccs1)c1ccc(Cl)cc1. The molecule has 1 aromatic heterocycles. The zero-order valence-electron chi connectivity index (χ0n) is 17.5. The quantitative estimate of drug-likeness (QED) is 0.466. The molecule has 1 aliphatic rings. The number of halogens is 2. The van der Waals surface area contributed by atoms with E-state index in [2.05, 4.69) is 5.32 Å². The zero-order chi connectivity index (χ0) is 22.5. The van der Waals surface area contributed by atoms with Crippen molar-refractivity contribution >= 4 is 40.4 Å². The molecule has 0 saturated heterocycles. The lowest BCUT2D eigenvalue weighted by Crippen LogP contribution is -2.47. The number of carbonyl (C=O) groups excluding carboxylic acids is 2. The average Bonchev–Trinajstić information content (AvgIpc) is 3.48. The molecule has 4 rings (SSSR count). The molecule has 1 atom stereocenters. The summed E-state index contributed by atoms with van der Waals surface area (Å²) in [6.45, 7) is 0. The van der Waals surface area contributed by atoms with E-state index in [1.807, 2.05) is 17.5 Å². The Hall–Kier alpha value is -2.70. The van der Waals surface area contributed by atoms with Crippen molar-refractivity contribution in [3.63, 3.8) is 0 Å². The van der Waals surface area contributed by atoms with Crippen LogP contribution in [0.15, 0.2) is 66.0 Å². The maximum absolute atomic E-state index is 15.0. The van der Waals surface area contributed by atoms with Crippen LogP contribution >= 0.6 is 22.9 Å². The van der Waals surface area contributed by atoms with Gasteiger partial charge in [0.1, 0.15) is 11.9 Å². The van der Waals surface area contributed by atoms with Crippen LogP contribution in [0.2, 0.25) is 5.02 Å². The van der Waals surface area contributed by atoms with Crippen molar-refractivity contribution in [1.82, 2.24) is 5.32 Å². The summed E-state index contributed by atoms with van der Waals surface area (Å²) in [4.78, 5) is 29.4. The molecule has 0 radical (unpaired) electrons. The molecule has 0 bridgehead atoms. The number of nitrogens with zero attached hydrogens (tertiary/aromatic N) is 1. The predicted molar refractivity (Wildman–Crippen MR) is 127 cm³/mol. The van der Waals surface area contributed by atoms with Gasteiger partial charge in [-0.2, -0.15) is 0 Å². The van der Waals surface area contributed by atoms with Crippen LogP contribution in [0.3, 0.4) is 0 Å². The van der Waals surface area contributed by atoms with E-state index < -0.39 is 11.9 Å².